The first-order valence-electron chi connectivity index (χ1n) is 3.55. The average molecular weight is 294 g/mol. The normalized spacial score (nSPS) is 43.9. The predicted octanol–water partition coefficient (Wildman–Crippen LogP) is -0.324. The molecule has 0 aromatic heterocycles. The zero-order valence-electron chi connectivity index (χ0n) is 6.51. The second-order valence-electron chi connectivity index (χ2n) is 2.72. The number of hydrogen-bond donors (Lipinski definition) is 2. The lowest BCUT2D eigenvalue weighted by atomic mass is 10.1. The van der Waals surface area contributed by atoms with Gasteiger partial charge >= 0.3 is 0 Å². The SMILES string of the molecule is N#CCC1OC(C#N)C(O)(I)C1O. The van der Waals surface area contributed by atoms with Crippen LogP contribution in [0, 0.1) is 22.7 Å². The van der Waals surface area contributed by atoms with Crippen LogP contribution in [0.4, 0.5) is 0 Å². The summed E-state index contributed by atoms with van der Waals surface area (Å²) in [4.78, 5) is 0. The minimum Gasteiger partial charge on any atom is -0.386 e. The molecule has 0 radical (unpaired) electrons. The van der Waals surface area contributed by atoms with Crippen molar-refractivity contribution < 1.29 is 14.9 Å². The minimum absolute atomic E-state index is 0.0370. The minimum atomic E-state index is -1.62. The molecule has 0 bridgehead atoms. The number of ether oxygens (including phenoxy) is 1. The zero-order valence-corrected chi connectivity index (χ0v) is 8.67. The zero-order chi connectivity index (χ0) is 10.1. The lowest BCUT2D eigenvalue weighted by molar-refractivity contribution is 0.0191. The summed E-state index contributed by atoms with van der Waals surface area (Å²) in [5.74, 6) is 0. The highest BCUT2D eigenvalue weighted by Crippen LogP contribution is 2.37. The molecule has 0 saturated carbocycles. The lowest BCUT2D eigenvalue weighted by Gasteiger charge is -2.19. The number of nitrogens with zero attached hydrogens (tertiary/aromatic N) is 2. The van der Waals surface area contributed by atoms with Crippen LogP contribution in [0.15, 0.2) is 0 Å². The van der Waals surface area contributed by atoms with Gasteiger partial charge < -0.3 is 14.9 Å². The maximum absolute atomic E-state index is 9.60. The van der Waals surface area contributed by atoms with Gasteiger partial charge in [-0.2, -0.15) is 10.5 Å². The molecule has 1 heterocycles. The number of hydrogen-bond acceptors (Lipinski definition) is 5. The Labute approximate surface area is 88.7 Å². The molecule has 1 aliphatic heterocycles. The number of aliphatic hydroxyl groups is 2. The molecule has 70 valence electrons. The van der Waals surface area contributed by atoms with Crippen LogP contribution in [0.25, 0.3) is 0 Å². The van der Waals surface area contributed by atoms with Crippen molar-refractivity contribution in [1.82, 2.24) is 0 Å². The van der Waals surface area contributed by atoms with E-state index in [2.05, 4.69) is 0 Å². The Morgan fingerprint density at radius 1 is 1.54 bits per heavy atom. The van der Waals surface area contributed by atoms with E-state index in [9.17, 15) is 10.2 Å². The monoisotopic (exact) mass is 294 g/mol. The van der Waals surface area contributed by atoms with Crippen molar-refractivity contribution in [1.29, 1.82) is 10.5 Å². The van der Waals surface area contributed by atoms with E-state index in [1.54, 1.807) is 28.7 Å². The summed E-state index contributed by atoms with van der Waals surface area (Å²) in [6, 6.07) is 3.54. The van der Waals surface area contributed by atoms with Crippen LogP contribution in [0.1, 0.15) is 6.42 Å². The standard InChI is InChI=1S/C7H7IN2O3/c8-7(12)5(3-10)13-4(1-2-9)6(7)11/h4-6,11-12H,1H2. The van der Waals surface area contributed by atoms with Crippen molar-refractivity contribution >= 4 is 22.6 Å². The Hall–Kier alpha value is -0.410. The number of nitriles is 2. The molecule has 4 atom stereocenters. The molecule has 4 unspecified atom stereocenters. The molecule has 5 nitrogen and oxygen atoms in total. The molecule has 6 heteroatoms. The van der Waals surface area contributed by atoms with Gasteiger partial charge in [0, 0.05) is 0 Å². The third-order valence-corrected chi connectivity index (χ3v) is 3.06. The maximum atomic E-state index is 9.60. The van der Waals surface area contributed by atoms with Crippen LogP contribution < -0.4 is 0 Å². The Kier molecular flexibility index (Phi) is 3.09. The van der Waals surface area contributed by atoms with E-state index in [0.717, 1.165) is 0 Å². The Balaban J connectivity index is 2.81. The maximum Gasteiger partial charge on any atom is 0.184 e. The molecule has 13 heavy (non-hydrogen) atoms. The van der Waals surface area contributed by atoms with Crippen LogP contribution in [-0.4, -0.2) is 32.1 Å². The summed E-state index contributed by atoms with van der Waals surface area (Å²) in [6.07, 6.45) is -3.10. The van der Waals surface area contributed by atoms with Crippen LogP contribution in [-0.2, 0) is 4.74 Å². The molecule has 2 N–H and O–H groups in total. The number of aliphatic hydroxyl groups excluding tert-OH is 1. The molecule has 0 aromatic carbocycles. The molecule has 0 aromatic rings. The topological polar surface area (TPSA) is 97.3 Å². The van der Waals surface area contributed by atoms with Crippen LogP contribution in [0.2, 0.25) is 0 Å². The third kappa shape index (κ3) is 1.76. The first kappa shape index (κ1) is 10.7. The molecule has 1 aliphatic rings. The summed E-state index contributed by atoms with van der Waals surface area (Å²) in [5.41, 5.74) is 0. The summed E-state index contributed by atoms with van der Waals surface area (Å²) in [5, 5.41) is 36.0. The molecule has 0 aliphatic carbocycles. The molecule has 0 amide bonds. The Morgan fingerprint density at radius 2 is 2.15 bits per heavy atom. The highest BCUT2D eigenvalue weighted by Gasteiger charge is 2.53. The van der Waals surface area contributed by atoms with Gasteiger partial charge in [0.05, 0.1) is 18.6 Å². The fraction of sp³-hybridized carbons (Fsp3) is 0.714. The lowest BCUT2D eigenvalue weighted by Crippen LogP contribution is -2.41. The summed E-state index contributed by atoms with van der Waals surface area (Å²) in [6.45, 7) is 0. The molecular weight excluding hydrogens is 287 g/mol. The van der Waals surface area contributed by atoms with Crippen LogP contribution in [0.3, 0.4) is 0 Å². The van der Waals surface area contributed by atoms with E-state index in [-0.39, 0.29) is 6.42 Å². The van der Waals surface area contributed by atoms with E-state index >= 15 is 0 Å². The van der Waals surface area contributed by atoms with Gasteiger partial charge in [-0.3, -0.25) is 0 Å². The van der Waals surface area contributed by atoms with Crippen molar-refractivity contribution in [2.24, 2.45) is 0 Å². The van der Waals surface area contributed by atoms with Crippen molar-refractivity contribution in [2.45, 2.75) is 28.3 Å². The summed E-state index contributed by atoms with van der Waals surface area (Å²) >= 11 is 1.56. The number of halogens is 1. The quantitative estimate of drug-likeness (QED) is 0.510. The fourth-order valence-corrected chi connectivity index (χ4v) is 1.82. The van der Waals surface area contributed by atoms with Crippen LogP contribution in [0.5, 0.6) is 0 Å². The fourth-order valence-electron chi connectivity index (χ4n) is 1.13. The molecule has 0 spiro atoms. The predicted molar refractivity (Wildman–Crippen MR) is 49.5 cm³/mol. The van der Waals surface area contributed by atoms with E-state index in [4.69, 9.17) is 15.3 Å². The number of rotatable bonds is 1. The van der Waals surface area contributed by atoms with E-state index in [0.29, 0.717) is 0 Å². The Morgan fingerprint density at radius 3 is 2.54 bits per heavy atom. The van der Waals surface area contributed by atoms with Gasteiger partial charge in [0.15, 0.2) is 9.71 Å². The van der Waals surface area contributed by atoms with Gasteiger partial charge in [-0.15, -0.1) is 0 Å². The highest BCUT2D eigenvalue weighted by atomic mass is 127. The largest absolute Gasteiger partial charge is 0.386 e. The van der Waals surface area contributed by atoms with E-state index in [1.165, 1.54) is 0 Å². The molecular formula is C7H7IN2O3. The van der Waals surface area contributed by atoms with Crippen molar-refractivity contribution in [3.63, 3.8) is 0 Å². The van der Waals surface area contributed by atoms with E-state index < -0.39 is 21.9 Å². The van der Waals surface area contributed by atoms with Crippen molar-refractivity contribution in [3.8, 4) is 12.1 Å². The van der Waals surface area contributed by atoms with Crippen molar-refractivity contribution in [2.75, 3.05) is 0 Å². The Bertz CT molecular complexity index is 280. The molecule has 1 fully saturated rings. The third-order valence-electron chi connectivity index (χ3n) is 1.86. The summed E-state index contributed by atoms with van der Waals surface area (Å²) < 4.78 is 3.37. The summed E-state index contributed by atoms with van der Waals surface area (Å²) in [7, 11) is 0. The first-order chi connectivity index (χ1) is 6.04. The van der Waals surface area contributed by atoms with Crippen molar-refractivity contribution in [3.05, 3.63) is 0 Å². The van der Waals surface area contributed by atoms with Crippen LogP contribution >= 0.6 is 22.6 Å². The first-order valence-corrected chi connectivity index (χ1v) is 4.63. The highest BCUT2D eigenvalue weighted by molar-refractivity contribution is 14.1. The van der Waals surface area contributed by atoms with Gasteiger partial charge in [-0.05, 0) is 22.6 Å². The van der Waals surface area contributed by atoms with E-state index in [1.807, 2.05) is 6.07 Å². The smallest absolute Gasteiger partial charge is 0.184 e. The van der Waals surface area contributed by atoms with Gasteiger partial charge in [0.2, 0.25) is 0 Å². The number of alkyl halides is 1. The van der Waals surface area contributed by atoms with Gasteiger partial charge in [-0.25, -0.2) is 0 Å². The van der Waals surface area contributed by atoms with Gasteiger partial charge in [0.1, 0.15) is 12.2 Å². The average Bonchev–Trinajstić information content (AvgIpc) is 2.29. The molecule has 1 rings (SSSR count). The van der Waals surface area contributed by atoms with Gasteiger partial charge in [0.25, 0.3) is 0 Å². The molecule has 1 saturated heterocycles. The second kappa shape index (κ2) is 3.76. The second-order valence-corrected chi connectivity index (χ2v) is 4.45. The van der Waals surface area contributed by atoms with Gasteiger partial charge in [-0.1, -0.05) is 0 Å².